The van der Waals surface area contributed by atoms with E-state index in [0.717, 1.165) is 23.1 Å². The fourth-order valence-electron chi connectivity index (χ4n) is 2.64. The first-order chi connectivity index (χ1) is 15.2. The molecule has 0 spiro atoms. The fraction of sp³-hybridized carbons (Fsp3) is 0.167. The van der Waals surface area contributed by atoms with Gasteiger partial charge in [0.15, 0.2) is 11.6 Å². The van der Waals surface area contributed by atoms with E-state index in [-0.39, 0.29) is 23.8 Å². The lowest BCUT2D eigenvalue weighted by molar-refractivity contribution is -0.159. The number of aromatic nitrogens is 6. The number of carboxylic acid groups (broad SMARTS) is 1. The first kappa shape index (κ1) is 21.3. The van der Waals surface area contributed by atoms with Gasteiger partial charge in [0.05, 0.1) is 29.4 Å². The smallest absolute Gasteiger partial charge is 0.471 e. The lowest BCUT2D eigenvalue weighted by atomic mass is 10.2. The van der Waals surface area contributed by atoms with Crippen molar-refractivity contribution >= 4 is 28.9 Å². The van der Waals surface area contributed by atoms with Crippen molar-refractivity contribution in [2.75, 3.05) is 4.90 Å². The van der Waals surface area contributed by atoms with E-state index in [2.05, 4.69) is 35.1 Å². The fourth-order valence-corrected chi connectivity index (χ4v) is 3.56. The second kappa shape index (κ2) is 8.30. The molecule has 0 aliphatic carbocycles. The van der Waals surface area contributed by atoms with E-state index in [4.69, 9.17) is 0 Å². The molecule has 0 aliphatic rings. The number of alkyl halides is 3. The van der Waals surface area contributed by atoms with Gasteiger partial charge in [-0.25, -0.2) is 4.79 Å². The number of rotatable bonds is 6. The number of aromatic carboxylic acids is 1. The summed E-state index contributed by atoms with van der Waals surface area (Å²) in [5, 5.41) is 28.4. The molecule has 0 atom stereocenters. The molecule has 32 heavy (non-hydrogen) atoms. The van der Waals surface area contributed by atoms with Crippen LogP contribution < -0.4 is 4.90 Å². The lowest BCUT2D eigenvalue weighted by Gasteiger charge is -2.21. The molecule has 0 radical (unpaired) electrons. The van der Waals surface area contributed by atoms with Gasteiger partial charge >= 0.3 is 18.0 Å². The van der Waals surface area contributed by atoms with Crippen molar-refractivity contribution in [1.29, 1.82) is 0 Å². The van der Waals surface area contributed by atoms with E-state index >= 15 is 0 Å². The van der Waals surface area contributed by atoms with E-state index in [0.29, 0.717) is 15.6 Å². The Bertz CT molecular complexity index is 1270. The van der Waals surface area contributed by atoms with Crippen LogP contribution in [0.5, 0.6) is 0 Å². The SMILES string of the molecule is Cc1cnnc(N(Cc2ccc(-c3noc(C(F)(F)F)n3)s2)c2cc(C(=O)O)cnn2)c1. The Kier molecular flexibility index (Phi) is 5.52. The topological polar surface area (TPSA) is 131 Å². The Balaban J connectivity index is 1.67. The summed E-state index contributed by atoms with van der Waals surface area (Å²) in [5.41, 5.74) is 0.736. The molecule has 4 aromatic rings. The maximum atomic E-state index is 12.7. The molecule has 0 amide bonds. The third-order valence-corrected chi connectivity index (χ3v) is 5.15. The zero-order valence-electron chi connectivity index (χ0n) is 16.1. The summed E-state index contributed by atoms with van der Waals surface area (Å²) in [6.07, 6.45) is -2.07. The van der Waals surface area contributed by atoms with Crippen molar-refractivity contribution in [3.05, 3.63) is 58.6 Å². The highest BCUT2D eigenvalue weighted by Gasteiger charge is 2.38. The van der Waals surface area contributed by atoms with Crippen LogP contribution in [0, 0.1) is 6.92 Å². The number of nitrogens with zero attached hydrogens (tertiary/aromatic N) is 7. The van der Waals surface area contributed by atoms with Crippen LogP contribution >= 0.6 is 11.3 Å². The third kappa shape index (κ3) is 4.54. The molecular weight excluding hydrogens is 451 g/mol. The van der Waals surface area contributed by atoms with Gasteiger partial charge < -0.3 is 14.5 Å². The summed E-state index contributed by atoms with van der Waals surface area (Å²) in [6, 6.07) is 6.30. The zero-order valence-corrected chi connectivity index (χ0v) is 16.9. The number of anilines is 2. The van der Waals surface area contributed by atoms with E-state index in [1.165, 1.54) is 6.07 Å². The van der Waals surface area contributed by atoms with Crippen LogP contribution in [-0.4, -0.2) is 41.6 Å². The quantitative estimate of drug-likeness (QED) is 0.451. The Labute approximate surface area is 181 Å². The van der Waals surface area contributed by atoms with Crippen LogP contribution in [-0.2, 0) is 12.7 Å². The van der Waals surface area contributed by atoms with Gasteiger partial charge in [0.25, 0.3) is 0 Å². The highest BCUT2D eigenvalue weighted by molar-refractivity contribution is 7.15. The third-order valence-electron chi connectivity index (χ3n) is 4.08. The van der Waals surface area contributed by atoms with Gasteiger partial charge in [0, 0.05) is 4.88 Å². The van der Waals surface area contributed by atoms with E-state index in [1.54, 1.807) is 29.3 Å². The van der Waals surface area contributed by atoms with Gasteiger partial charge in [-0.1, -0.05) is 5.16 Å². The van der Waals surface area contributed by atoms with Crippen molar-refractivity contribution in [3.8, 4) is 10.7 Å². The first-order valence-corrected chi connectivity index (χ1v) is 9.65. The number of aryl methyl sites for hydroxylation is 1. The van der Waals surface area contributed by atoms with Crippen LogP contribution in [0.3, 0.4) is 0 Å². The van der Waals surface area contributed by atoms with Crippen molar-refractivity contribution in [2.24, 2.45) is 0 Å². The standard InChI is InChI=1S/C18H12F3N7O3S/c1-9-4-13(25-22-6-9)28(14-5-10(16(29)30)7-23-26-14)8-11-2-3-12(32-11)15-24-17(31-27-15)18(19,20)21/h2-7H,8H2,1H3,(H,29,30). The number of thiophene rings is 1. The minimum atomic E-state index is -4.74. The predicted molar refractivity (Wildman–Crippen MR) is 104 cm³/mol. The zero-order chi connectivity index (χ0) is 22.9. The van der Waals surface area contributed by atoms with Gasteiger partial charge in [-0.15, -0.1) is 21.5 Å². The molecule has 4 aromatic heterocycles. The Hall–Kier alpha value is -3.94. The first-order valence-electron chi connectivity index (χ1n) is 8.83. The number of hydrogen-bond acceptors (Lipinski definition) is 10. The molecule has 4 heterocycles. The maximum absolute atomic E-state index is 12.7. The number of carbonyl (C=O) groups is 1. The lowest BCUT2D eigenvalue weighted by Crippen LogP contribution is -2.20. The molecule has 0 saturated carbocycles. The molecule has 14 heteroatoms. The number of carboxylic acids is 1. The predicted octanol–water partition coefficient (Wildman–Crippen LogP) is 3.74. The van der Waals surface area contributed by atoms with Crippen molar-refractivity contribution in [2.45, 2.75) is 19.6 Å². The second-order valence-corrected chi connectivity index (χ2v) is 7.64. The summed E-state index contributed by atoms with van der Waals surface area (Å²) in [5.74, 6) is -2.20. The molecule has 1 N–H and O–H groups in total. The second-order valence-electron chi connectivity index (χ2n) is 6.47. The average Bonchev–Trinajstić information content (AvgIpc) is 3.41. The normalized spacial score (nSPS) is 11.5. The van der Waals surface area contributed by atoms with E-state index < -0.39 is 18.0 Å². The van der Waals surface area contributed by atoms with E-state index in [9.17, 15) is 23.1 Å². The van der Waals surface area contributed by atoms with Gasteiger partial charge in [0.1, 0.15) is 0 Å². The summed E-state index contributed by atoms with van der Waals surface area (Å²) < 4.78 is 42.5. The molecule has 164 valence electrons. The van der Waals surface area contributed by atoms with Crippen LogP contribution in [0.15, 0.2) is 41.2 Å². The van der Waals surface area contributed by atoms with Crippen molar-refractivity contribution in [1.82, 2.24) is 30.5 Å². The van der Waals surface area contributed by atoms with Crippen LogP contribution in [0.25, 0.3) is 10.7 Å². The van der Waals surface area contributed by atoms with Gasteiger partial charge in [-0.2, -0.15) is 28.4 Å². The molecule has 0 fully saturated rings. The molecule has 0 aromatic carbocycles. The highest BCUT2D eigenvalue weighted by atomic mass is 32.1. The summed E-state index contributed by atoms with van der Waals surface area (Å²) >= 11 is 1.14. The van der Waals surface area contributed by atoms with Gasteiger partial charge in [0.2, 0.25) is 5.82 Å². The summed E-state index contributed by atoms with van der Waals surface area (Å²) in [6.45, 7) is 1.97. The molecule has 4 rings (SSSR count). The molecule has 0 unspecified atom stereocenters. The Morgan fingerprint density at radius 1 is 1.16 bits per heavy atom. The molecule has 0 bridgehead atoms. The van der Waals surface area contributed by atoms with Gasteiger partial charge in [-0.3, -0.25) is 0 Å². The van der Waals surface area contributed by atoms with E-state index in [1.807, 2.05) is 6.92 Å². The van der Waals surface area contributed by atoms with Crippen LogP contribution in [0.2, 0.25) is 0 Å². The monoisotopic (exact) mass is 463 g/mol. The van der Waals surface area contributed by atoms with Crippen LogP contribution in [0.1, 0.15) is 26.7 Å². The summed E-state index contributed by atoms with van der Waals surface area (Å²) in [7, 11) is 0. The van der Waals surface area contributed by atoms with Crippen LogP contribution in [0.4, 0.5) is 24.8 Å². The largest absolute Gasteiger partial charge is 0.478 e. The molecule has 0 aliphatic heterocycles. The minimum absolute atomic E-state index is 0.0704. The van der Waals surface area contributed by atoms with Crippen molar-refractivity contribution in [3.63, 3.8) is 0 Å². The Morgan fingerprint density at radius 3 is 2.53 bits per heavy atom. The summed E-state index contributed by atoms with van der Waals surface area (Å²) in [4.78, 5) is 17.4. The molecule has 0 saturated heterocycles. The van der Waals surface area contributed by atoms with Gasteiger partial charge in [-0.05, 0) is 36.8 Å². The molecule has 10 nitrogen and oxygen atoms in total. The molecular formula is C18H12F3N7O3S. The maximum Gasteiger partial charge on any atom is 0.471 e. The number of halogens is 3. The minimum Gasteiger partial charge on any atom is -0.478 e. The van der Waals surface area contributed by atoms with Crippen molar-refractivity contribution < 1.29 is 27.6 Å². The Morgan fingerprint density at radius 2 is 1.88 bits per heavy atom. The highest BCUT2D eigenvalue weighted by Crippen LogP contribution is 2.33. The average molecular weight is 463 g/mol. The number of hydrogen-bond donors (Lipinski definition) is 1.